The average molecular weight is 288 g/mol. The smallest absolute Gasteiger partial charge is 0.220 e. The molecule has 1 atom stereocenters. The van der Waals surface area contributed by atoms with Gasteiger partial charge in [0, 0.05) is 25.2 Å². The molecule has 1 aromatic carbocycles. The molecule has 1 aromatic rings. The van der Waals surface area contributed by atoms with Crippen molar-refractivity contribution in [1.82, 2.24) is 5.32 Å². The highest BCUT2D eigenvalue weighted by Crippen LogP contribution is 2.28. The molecule has 0 fully saturated rings. The summed E-state index contributed by atoms with van der Waals surface area (Å²) >= 11 is 0. The van der Waals surface area contributed by atoms with Crippen LogP contribution in [-0.4, -0.2) is 12.5 Å². The predicted molar refractivity (Wildman–Crippen MR) is 88.3 cm³/mol. The fourth-order valence-electron chi connectivity index (χ4n) is 2.58. The first-order valence-corrected chi connectivity index (χ1v) is 7.99. The van der Waals surface area contributed by atoms with Crippen molar-refractivity contribution in [3.63, 3.8) is 0 Å². The van der Waals surface area contributed by atoms with Crippen molar-refractivity contribution in [3.05, 3.63) is 29.3 Å². The lowest BCUT2D eigenvalue weighted by atomic mass is 9.80. The van der Waals surface area contributed by atoms with Crippen molar-refractivity contribution >= 4 is 11.6 Å². The van der Waals surface area contributed by atoms with Crippen LogP contribution >= 0.6 is 0 Å². The van der Waals surface area contributed by atoms with Crippen LogP contribution in [0, 0.1) is 11.3 Å². The van der Waals surface area contributed by atoms with Gasteiger partial charge in [0.25, 0.3) is 0 Å². The summed E-state index contributed by atoms with van der Waals surface area (Å²) in [7, 11) is 0. The molecule has 1 aliphatic rings. The van der Waals surface area contributed by atoms with Crippen molar-refractivity contribution < 1.29 is 4.79 Å². The lowest BCUT2D eigenvalue weighted by molar-refractivity contribution is -0.122. The van der Waals surface area contributed by atoms with Crippen LogP contribution in [0.15, 0.2) is 18.2 Å². The van der Waals surface area contributed by atoms with Crippen LogP contribution in [0.5, 0.6) is 0 Å². The summed E-state index contributed by atoms with van der Waals surface area (Å²) in [6, 6.07) is 6.37. The highest BCUT2D eigenvalue weighted by Gasteiger charge is 2.22. The third-order valence-corrected chi connectivity index (χ3v) is 4.61. The Bertz CT molecular complexity index is 502. The Morgan fingerprint density at radius 2 is 2.14 bits per heavy atom. The second-order valence-electron chi connectivity index (χ2n) is 7.23. The van der Waals surface area contributed by atoms with Crippen LogP contribution in [0.4, 0.5) is 5.69 Å². The molecule has 21 heavy (non-hydrogen) atoms. The summed E-state index contributed by atoms with van der Waals surface area (Å²) in [5, 5.41) is 6.54. The summed E-state index contributed by atoms with van der Waals surface area (Å²) in [4.78, 5) is 12.1. The zero-order valence-corrected chi connectivity index (χ0v) is 13.8. The van der Waals surface area contributed by atoms with E-state index in [1.165, 1.54) is 23.2 Å². The molecule has 1 amide bonds. The standard InChI is InChI=1S/C18H28N2O/c1-13(18(2,3)4)11-16(21)20-12-15-8-5-7-14-9-6-10-19-17(14)15/h5,7-8,13,19H,6,9-12H2,1-4H3,(H,20,21). The van der Waals surface area contributed by atoms with Gasteiger partial charge in [0.05, 0.1) is 0 Å². The average Bonchev–Trinajstić information content (AvgIpc) is 2.44. The molecule has 0 aromatic heterocycles. The van der Waals surface area contributed by atoms with Crippen LogP contribution in [0.1, 0.15) is 51.7 Å². The lowest BCUT2D eigenvalue weighted by Gasteiger charge is -2.27. The van der Waals surface area contributed by atoms with Gasteiger partial charge in [-0.3, -0.25) is 4.79 Å². The maximum Gasteiger partial charge on any atom is 0.220 e. The molecule has 0 radical (unpaired) electrons. The van der Waals surface area contributed by atoms with E-state index in [4.69, 9.17) is 0 Å². The fourth-order valence-corrected chi connectivity index (χ4v) is 2.58. The Balaban J connectivity index is 1.93. The maximum absolute atomic E-state index is 12.1. The Morgan fingerprint density at radius 1 is 1.38 bits per heavy atom. The van der Waals surface area contributed by atoms with Crippen LogP contribution in [0.25, 0.3) is 0 Å². The number of hydrogen-bond acceptors (Lipinski definition) is 2. The molecule has 1 aliphatic heterocycles. The summed E-state index contributed by atoms with van der Waals surface area (Å²) in [5.74, 6) is 0.520. The van der Waals surface area contributed by atoms with E-state index in [9.17, 15) is 4.79 Å². The minimum Gasteiger partial charge on any atom is -0.385 e. The van der Waals surface area contributed by atoms with E-state index in [-0.39, 0.29) is 11.3 Å². The van der Waals surface area contributed by atoms with Gasteiger partial charge in [-0.2, -0.15) is 0 Å². The summed E-state index contributed by atoms with van der Waals surface area (Å²) in [5.41, 5.74) is 3.97. The summed E-state index contributed by atoms with van der Waals surface area (Å²) in [6.07, 6.45) is 2.91. The molecular weight excluding hydrogens is 260 g/mol. The van der Waals surface area contributed by atoms with E-state index < -0.39 is 0 Å². The Morgan fingerprint density at radius 3 is 2.86 bits per heavy atom. The maximum atomic E-state index is 12.1. The molecular formula is C18H28N2O. The minimum atomic E-state index is 0.144. The number of aryl methyl sites for hydroxylation is 1. The number of para-hydroxylation sites is 1. The number of amides is 1. The van der Waals surface area contributed by atoms with Crippen molar-refractivity contribution in [2.75, 3.05) is 11.9 Å². The van der Waals surface area contributed by atoms with Gasteiger partial charge in [-0.15, -0.1) is 0 Å². The number of carbonyl (C=O) groups excluding carboxylic acids is 1. The van der Waals surface area contributed by atoms with Crippen LogP contribution in [-0.2, 0) is 17.8 Å². The number of fused-ring (bicyclic) bond motifs is 1. The van der Waals surface area contributed by atoms with Gasteiger partial charge in [0.1, 0.15) is 0 Å². The van der Waals surface area contributed by atoms with E-state index in [1.807, 2.05) is 0 Å². The first-order valence-electron chi connectivity index (χ1n) is 7.99. The van der Waals surface area contributed by atoms with Gasteiger partial charge < -0.3 is 10.6 Å². The number of hydrogen-bond donors (Lipinski definition) is 2. The van der Waals surface area contributed by atoms with E-state index in [0.29, 0.717) is 18.9 Å². The lowest BCUT2D eigenvalue weighted by Crippen LogP contribution is -2.29. The minimum absolute atomic E-state index is 0.144. The van der Waals surface area contributed by atoms with Gasteiger partial charge in [-0.1, -0.05) is 45.9 Å². The second-order valence-corrected chi connectivity index (χ2v) is 7.23. The molecule has 2 rings (SSSR count). The Kier molecular flexibility index (Phi) is 4.92. The zero-order valence-electron chi connectivity index (χ0n) is 13.8. The first-order chi connectivity index (χ1) is 9.88. The molecule has 0 saturated heterocycles. The molecule has 116 valence electrons. The Hall–Kier alpha value is -1.51. The predicted octanol–water partition coefficient (Wildman–Crippen LogP) is 3.73. The molecule has 0 saturated carbocycles. The van der Waals surface area contributed by atoms with Crippen molar-refractivity contribution in [2.24, 2.45) is 11.3 Å². The molecule has 3 heteroatoms. The number of benzene rings is 1. The molecule has 2 N–H and O–H groups in total. The van der Waals surface area contributed by atoms with Gasteiger partial charge >= 0.3 is 0 Å². The third-order valence-electron chi connectivity index (χ3n) is 4.61. The summed E-state index contributed by atoms with van der Waals surface area (Å²) in [6.45, 7) is 10.3. The monoisotopic (exact) mass is 288 g/mol. The molecule has 0 bridgehead atoms. The van der Waals surface area contributed by atoms with Gasteiger partial charge in [0.2, 0.25) is 5.91 Å². The molecule has 0 aliphatic carbocycles. The van der Waals surface area contributed by atoms with Crippen LogP contribution < -0.4 is 10.6 Å². The van der Waals surface area contributed by atoms with Gasteiger partial charge in [-0.25, -0.2) is 0 Å². The van der Waals surface area contributed by atoms with Crippen molar-refractivity contribution in [3.8, 4) is 0 Å². The fraction of sp³-hybridized carbons (Fsp3) is 0.611. The van der Waals surface area contributed by atoms with Crippen LogP contribution in [0.2, 0.25) is 0 Å². The molecule has 1 heterocycles. The number of rotatable bonds is 4. The SMILES string of the molecule is CC(CC(=O)NCc1cccc2c1NCCC2)C(C)(C)C. The third kappa shape index (κ3) is 4.23. The van der Waals surface area contributed by atoms with Crippen LogP contribution in [0.3, 0.4) is 0 Å². The number of anilines is 1. The van der Waals surface area contributed by atoms with Crippen molar-refractivity contribution in [2.45, 2.75) is 53.5 Å². The molecule has 1 unspecified atom stereocenters. The van der Waals surface area contributed by atoms with Gasteiger partial charge in [0.15, 0.2) is 0 Å². The molecule has 3 nitrogen and oxygen atoms in total. The zero-order chi connectivity index (χ0) is 15.5. The summed E-state index contributed by atoms with van der Waals surface area (Å²) < 4.78 is 0. The van der Waals surface area contributed by atoms with Crippen molar-refractivity contribution in [1.29, 1.82) is 0 Å². The normalized spacial score (nSPS) is 15.8. The van der Waals surface area contributed by atoms with E-state index in [2.05, 4.69) is 56.5 Å². The van der Waals surface area contributed by atoms with E-state index in [0.717, 1.165) is 13.0 Å². The van der Waals surface area contributed by atoms with E-state index in [1.54, 1.807) is 0 Å². The molecule has 0 spiro atoms. The second kappa shape index (κ2) is 6.50. The quantitative estimate of drug-likeness (QED) is 0.886. The van der Waals surface area contributed by atoms with E-state index >= 15 is 0 Å². The Labute approximate surface area is 128 Å². The largest absolute Gasteiger partial charge is 0.385 e. The number of nitrogens with one attached hydrogen (secondary N) is 2. The number of carbonyl (C=O) groups is 1. The van der Waals surface area contributed by atoms with Gasteiger partial charge in [-0.05, 0) is 35.3 Å². The highest BCUT2D eigenvalue weighted by atomic mass is 16.1. The first kappa shape index (κ1) is 15.9. The topological polar surface area (TPSA) is 41.1 Å². The highest BCUT2D eigenvalue weighted by molar-refractivity contribution is 5.76.